The topological polar surface area (TPSA) is 59.8 Å². The number of amides is 1. The van der Waals surface area contributed by atoms with E-state index < -0.39 is 0 Å². The van der Waals surface area contributed by atoms with Crippen LogP contribution >= 0.6 is 0 Å². The standard InChI is InChI=1S/C20H19FN4O/c1-14(24-20(26)7-6-16-8-10-22-11-9-16)19-13-23-25(15(19)2)18-5-3-4-17(21)12-18/h3-14H,1-2H3,(H,24,26). The third kappa shape index (κ3) is 4.03. The first kappa shape index (κ1) is 17.5. The quantitative estimate of drug-likeness (QED) is 0.715. The molecule has 0 spiro atoms. The van der Waals surface area contributed by atoms with Gasteiger partial charge in [0.05, 0.1) is 17.9 Å². The van der Waals surface area contributed by atoms with Crippen molar-refractivity contribution in [3.05, 3.63) is 83.7 Å². The third-order valence-corrected chi connectivity index (χ3v) is 4.06. The SMILES string of the molecule is Cc1c(C(C)NC(=O)C=Cc2ccncc2)cnn1-c1cccc(F)c1. The number of hydrogen-bond acceptors (Lipinski definition) is 3. The summed E-state index contributed by atoms with van der Waals surface area (Å²) < 4.78 is 15.1. The minimum absolute atomic E-state index is 0.202. The summed E-state index contributed by atoms with van der Waals surface area (Å²) in [4.78, 5) is 16.1. The van der Waals surface area contributed by atoms with Gasteiger partial charge in [-0.1, -0.05) is 6.07 Å². The smallest absolute Gasteiger partial charge is 0.244 e. The molecule has 1 aromatic carbocycles. The molecule has 5 nitrogen and oxygen atoms in total. The Balaban J connectivity index is 1.71. The fourth-order valence-electron chi connectivity index (χ4n) is 2.70. The zero-order chi connectivity index (χ0) is 18.5. The Bertz CT molecular complexity index is 934. The van der Waals surface area contributed by atoms with Crippen molar-refractivity contribution in [2.45, 2.75) is 19.9 Å². The van der Waals surface area contributed by atoms with Crippen LogP contribution in [0.1, 0.15) is 29.8 Å². The van der Waals surface area contributed by atoms with E-state index in [1.54, 1.807) is 41.5 Å². The second kappa shape index (κ2) is 7.74. The predicted molar refractivity (Wildman–Crippen MR) is 98.1 cm³/mol. The van der Waals surface area contributed by atoms with E-state index in [9.17, 15) is 9.18 Å². The van der Waals surface area contributed by atoms with Gasteiger partial charge < -0.3 is 5.32 Å². The summed E-state index contributed by atoms with van der Waals surface area (Å²) in [5.74, 6) is -0.520. The fourth-order valence-corrected chi connectivity index (χ4v) is 2.70. The summed E-state index contributed by atoms with van der Waals surface area (Å²) in [6.07, 6.45) is 8.25. The van der Waals surface area contributed by atoms with E-state index in [0.717, 1.165) is 16.8 Å². The minimum atomic E-state index is -0.318. The molecule has 3 aromatic rings. The number of aromatic nitrogens is 3. The molecule has 0 aliphatic rings. The molecule has 0 aliphatic heterocycles. The van der Waals surface area contributed by atoms with Gasteiger partial charge in [-0.25, -0.2) is 9.07 Å². The summed E-state index contributed by atoms with van der Waals surface area (Å²) in [5, 5.41) is 7.24. The van der Waals surface area contributed by atoms with Crippen LogP contribution < -0.4 is 5.32 Å². The van der Waals surface area contributed by atoms with Crippen LogP contribution in [-0.2, 0) is 4.79 Å². The van der Waals surface area contributed by atoms with E-state index in [-0.39, 0.29) is 17.8 Å². The van der Waals surface area contributed by atoms with Gasteiger partial charge >= 0.3 is 0 Å². The van der Waals surface area contributed by atoms with Gasteiger partial charge in [-0.2, -0.15) is 5.10 Å². The van der Waals surface area contributed by atoms with E-state index in [4.69, 9.17) is 0 Å². The molecule has 2 heterocycles. The summed E-state index contributed by atoms with van der Waals surface area (Å²) in [5.41, 5.74) is 3.27. The van der Waals surface area contributed by atoms with Crippen molar-refractivity contribution >= 4 is 12.0 Å². The Labute approximate surface area is 151 Å². The van der Waals surface area contributed by atoms with Crippen LogP contribution in [0, 0.1) is 12.7 Å². The van der Waals surface area contributed by atoms with Crippen molar-refractivity contribution in [3.8, 4) is 5.69 Å². The Kier molecular flexibility index (Phi) is 5.22. The number of pyridine rings is 1. The summed E-state index contributed by atoms with van der Waals surface area (Å²) >= 11 is 0. The predicted octanol–water partition coefficient (Wildman–Crippen LogP) is 3.61. The van der Waals surface area contributed by atoms with Crippen molar-refractivity contribution in [3.63, 3.8) is 0 Å². The Morgan fingerprint density at radius 1 is 1.27 bits per heavy atom. The van der Waals surface area contributed by atoms with Gasteiger partial charge in [-0.3, -0.25) is 9.78 Å². The monoisotopic (exact) mass is 350 g/mol. The normalized spacial score (nSPS) is 12.3. The Morgan fingerprint density at radius 2 is 2.04 bits per heavy atom. The molecule has 0 radical (unpaired) electrons. The number of nitrogens with zero attached hydrogens (tertiary/aromatic N) is 3. The Morgan fingerprint density at radius 3 is 2.77 bits per heavy atom. The molecule has 132 valence electrons. The number of hydrogen-bond donors (Lipinski definition) is 1. The first-order valence-electron chi connectivity index (χ1n) is 8.23. The zero-order valence-electron chi connectivity index (χ0n) is 14.6. The van der Waals surface area contributed by atoms with Crippen molar-refractivity contribution in [1.29, 1.82) is 0 Å². The van der Waals surface area contributed by atoms with Crippen molar-refractivity contribution in [2.75, 3.05) is 0 Å². The van der Waals surface area contributed by atoms with Gasteiger partial charge in [0.15, 0.2) is 0 Å². The van der Waals surface area contributed by atoms with Crippen LogP contribution in [0.5, 0.6) is 0 Å². The maximum Gasteiger partial charge on any atom is 0.244 e. The van der Waals surface area contributed by atoms with Gasteiger partial charge in [0, 0.05) is 29.7 Å². The molecule has 0 bridgehead atoms. The van der Waals surface area contributed by atoms with Crippen molar-refractivity contribution < 1.29 is 9.18 Å². The molecule has 1 amide bonds. The van der Waals surface area contributed by atoms with Gasteiger partial charge in [0.1, 0.15) is 5.82 Å². The summed E-state index contributed by atoms with van der Waals surface area (Å²) in [6.45, 7) is 3.78. The molecule has 3 rings (SSSR count). The molecular weight excluding hydrogens is 331 g/mol. The van der Waals surface area contributed by atoms with E-state index in [1.165, 1.54) is 18.2 Å². The van der Waals surface area contributed by atoms with E-state index in [2.05, 4.69) is 15.4 Å². The number of halogens is 1. The molecule has 26 heavy (non-hydrogen) atoms. The lowest BCUT2D eigenvalue weighted by atomic mass is 10.1. The molecule has 1 N–H and O–H groups in total. The number of carbonyl (C=O) groups is 1. The number of benzene rings is 1. The lowest BCUT2D eigenvalue weighted by Gasteiger charge is -2.13. The van der Waals surface area contributed by atoms with Crippen molar-refractivity contribution in [2.24, 2.45) is 0 Å². The molecule has 1 unspecified atom stereocenters. The summed E-state index contributed by atoms with van der Waals surface area (Å²) in [7, 11) is 0. The first-order valence-corrected chi connectivity index (χ1v) is 8.23. The van der Waals surface area contributed by atoms with Crippen LogP contribution in [-0.4, -0.2) is 20.7 Å². The van der Waals surface area contributed by atoms with E-state index in [0.29, 0.717) is 5.69 Å². The lowest BCUT2D eigenvalue weighted by molar-refractivity contribution is -0.117. The number of carbonyl (C=O) groups excluding carboxylic acids is 1. The van der Waals surface area contributed by atoms with Crippen LogP contribution in [0.25, 0.3) is 11.8 Å². The molecule has 6 heteroatoms. The second-order valence-electron chi connectivity index (χ2n) is 5.92. The lowest BCUT2D eigenvalue weighted by Crippen LogP contribution is -2.25. The number of rotatable bonds is 5. The van der Waals surface area contributed by atoms with Crippen LogP contribution in [0.2, 0.25) is 0 Å². The maximum atomic E-state index is 13.4. The maximum absolute atomic E-state index is 13.4. The molecule has 1 atom stereocenters. The van der Waals surface area contributed by atoms with Gasteiger partial charge in [0.2, 0.25) is 5.91 Å². The Hall–Kier alpha value is -3.28. The molecule has 0 saturated heterocycles. The van der Waals surface area contributed by atoms with E-state index >= 15 is 0 Å². The zero-order valence-corrected chi connectivity index (χ0v) is 14.6. The van der Waals surface area contributed by atoms with Gasteiger partial charge in [-0.05, 0) is 55.8 Å². The minimum Gasteiger partial charge on any atom is -0.346 e. The van der Waals surface area contributed by atoms with Gasteiger partial charge in [-0.15, -0.1) is 0 Å². The molecule has 0 fully saturated rings. The molecular formula is C20H19FN4O. The van der Waals surface area contributed by atoms with Crippen molar-refractivity contribution in [1.82, 2.24) is 20.1 Å². The largest absolute Gasteiger partial charge is 0.346 e. The molecule has 0 aliphatic carbocycles. The second-order valence-corrected chi connectivity index (χ2v) is 5.92. The average molecular weight is 350 g/mol. The van der Waals surface area contributed by atoms with Crippen LogP contribution in [0.3, 0.4) is 0 Å². The first-order chi connectivity index (χ1) is 12.5. The molecule has 0 saturated carbocycles. The highest BCUT2D eigenvalue weighted by atomic mass is 19.1. The van der Waals surface area contributed by atoms with Crippen LogP contribution in [0.4, 0.5) is 4.39 Å². The highest BCUT2D eigenvalue weighted by molar-refractivity contribution is 5.91. The summed E-state index contributed by atoms with van der Waals surface area (Å²) in [6, 6.07) is 9.65. The average Bonchev–Trinajstić information content (AvgIpc) is 3.02. The third-order valence-electron chi connectivity index (χ3n) is 4.06. The number of nitrogens with one attached hydrogen (secondary N) is 1. The highest BCUT2D eigenvalue weighted by Crippen LogP contribution is 2.20. The van der Waals surface area contributed by atoms with E-state index in [1.807, 2.05) is 26.0 Å². The van der Waals surface area contributed by atoms with Crippen LogP contribution in [0.15, 0.2) is 61.1 Å². The fraction of sp³-hybridized carbons (Fsp3) is 0.150. The highest BCUT2D eigenvalue weighted by Gasteiger charge is 2.15. The molecule has 2 aromatic heterocycles. The van der Waals surface area contributed by atoms with Gasteiger partial charge in [0.25, 0.3) is 0 Å².